The van der Waals surface area contributed by atoms with Gasteiger partial charge in [0.2, 0.25) is 0 Å². The van der Waals surface area contributed by atoms with Gasteiger partial charge in [0, 0.05) is 31.1 Å². The Hall–Kier alpha value is -0.870. The molecule has 1 aromatic rings. The maximum atomic E-state index is 12.2. The number of methoxy groups -OCH3 is 1. The molecule has 2 rings (SSSR count). The Balaban J connectivity index is 2.04. The summed E-state index contributed by atoms with van der Waals surface area (Å²) in [6.45, 7) is 1.49. The van der Waals surface area contributed by atoms with E-state index in [1.807, 2.05) is 29.2 Å². The molecule has 0 aromatic heterocycles. The lowest BCUT2D eigenvalue weighted by molar-refractivity contribution is 0.0724. The van der Waals surface area contributed by atoms with Gasteiger partial charge >= 0.3 is 0 Å². The molecule has 4 heteroatoms. The molecular formula is C13H16BrNO2. The van der Waals surface area contributed by atoms with Gasteiger partial charge in [-0.15, -0.1) is 0 Å². The van der Waals surface area contributed by atoms with Gasteiger partial charge in [-0.05, 0) is 24.1 Å². The molecule has 1 heterocycles. The monoisotopic (exact) mass is 297 g/mol. The van der Waals surface area contributed by atoms with Crippen LogP contribution in [0, 0.1) is 0 Å². The van der Waals surface area contributed by atoms with E-state index in [1.165, 1.54) is 5.56 Å². The van der Waals surface area contributed by atoms with Crippen molar-refractivity contribution in [3.05, 3.63) is 35.4 Å². The lowest BCUT2D eigenvalue weighted by atomic mass is 10.1. The van der Waals surface area contributed by atoms with Gasteiger partial charge in [-0.3, -0.25) is 4.79 Å². The Morgan fingerprint density at radius 1 is 1.47 bits per heavy atom. The SMILES string of the molecule is COC1CCN(C(=O)c2ccc(CBr)cc2)C1. The van der Waals surface area contributed by atoms with Gasteiger partial charge in [0.15, 0.2) is 0 Å². The van der Waals surface area contributed by atoms with Crippen LogP contribution in [0.1, 0.15) is 22.3 Å². The fourth-order valence-corrected chi connectivity index (χ4v) is 2.40. The van der Waals surface area contributed by atoms with E-state index in [0.29, 0.717) is 6.54 Å². The summed E-state index contributed by atoms with van der Waals surface area (Å²) in [6.07, 6.45) is 1.13. The molecule has 92 valence electrons. The number of amides is 1. The minimum absolute atomic E-state index is 0.102. The molecule has 1 aliphatic rings. The van der Waals surface area contributed by atoms with Crippen molar-refractivity contribution >= 4 is 21.8 Å². The summed E-state index contributed by atoms with van der Waals surface area (Å²) in [5.74, 6) is 0.102. The zero-order valence-electron chi connectivity index (χ0n) is 9.86. The largest absolute Gasteiger partial charge is 0.380 e. The quantitative estimate of drug-likeness (QED) is 0.802. The highest BCUT2D eigenvalue weighted by Gasteiger charge is 2.26. The molecule has 17 heavy (non-hydrogen) atoms. The summed E-state index contributed by atoms with van der Waals surface area (Å²) in [5, 5.41) is 0.816. The van der Waals surface area contributed by atoms with Crippen LogP contribution < -0.4 is 0 Å². The average Bonchev–Trinajstić information content (AvgIpc) is 2.87. The summed E-state index contributed by atoms with van der Waals surface area (Å²) < 4.78 is 5.26. The Morgan fingerprint density at radius 3 is 2.71 bits per heavy atom. The Morgan fingerprint density at radius 2 is 2.18 bits per heavy atom. The summed E-state index contributed by atoms with van der Waals surface area (Å²) in [5.41, 5.74) is 1.93. The van der Waals surface area contributed by atoms with E-state index in [4.69, 9.17) is 4.74 Å². The molecule has 0 radical (unpaired) electrons. The van der Waals surface area contributed by atoms with Crippen LogP contribution in [0.3, 0.4) is 0 Å². The highest BCUT2D eigenvalue weighted by molar-refractivity contribution is 9.08. The van der Waals surface area contributed by atoms with Crippen molar-refractivity contribution in [2.24, 2.45) is 0 Å². The molecule has 1 fully saturated rings. The van der Waals surface area contributed by atoms with Crippen LogP contribution in [0.4, 0.5) is 0 Å². The van der Waals surface area contributed by atoms with Crippen molar-refractivity contribution < 1.29 is 9.53 Å². The van der Waals surface area contributed by atoms with E-state index in [2.05, 4.69) is 15.9 Å². The number of nitrogens with zero attached hydrogens (tertiary/aromatic N) is 1. The zero-order chi connectivity index (χ0) is 12.3. The molecule has 0 saturated carbocycles. The van der Waals surface area contributed by atoms with Gasteiger partial charge in [-0.1, -0.05) is 28.1 Å². The molecule has 0 bridgehead atoms. The fraction of sp³-hybridized carbons (Fsp3) is 0.462. The third kappa shape index (κ3) is 2.87. The van der Waals surface area contributed by atoms with Crippen molar-refractivity contribution in [3.63, 3.8) is 0 Å². The third-order valence-electron chi connectivity index (χ3n) is 3.12. The minimum Gasteiger partial charge on any atom is -0.380 e. The van der Waals surface area contributed by atoms with E-state index >= 15 is 0 Å². The molecule has 1 amide bonds. The smallest absolute Gasteiger partial charge is 0.253 e. The van der Waals surface area contributed by atoms with Crippen molar-refractivity contribution in [1.82, 2.24) is 4.90 Å². The number of halogens is 1. The molecule has 1 atom stereocenters. The summed E-state index contributed by atoms with van der Waals surface area (Å²) in [7, 11) is 1.70. The van der Waals surface area contributed by atoms with E-state index < -0.39 is 0 Å². The number of hydrogen-bond donors (Lipinski definition) is 0. The molecule has 0 aliphatic carbocycles. The number of carbonyl (C=O) groups excluding carboxylic acids is 1. The Kier molecular flexibility index (Phi) is 4.18. The van der Waals surface area contributed by atoms with Crippen molar-refractivity contribution in [1.29, 1.82) is 0 Å². The summed E-state index contributed by atoms with van der Waals surface area (Å²) >= 11 is 3.39. The second kappa shape index (κ2) is 5.65. The predicted octanol–water partition coefficient (Wildman–Crippen LogP) is 2.44. The first-order chi connectivity index (χ1) is 8.24. The number of rotatable bonds is 3. The van der Waals surface area contributed by atoms with Gasteiger partial charge in [0.25, 0.3) is 5.91 Å². The number of ether oxygens (including phenoxy) is 1. The van der Waals surface area contributed by atoms with Crippen LogP contribution in [-0.4, -0.2) is 37.1 Å². The highest BCUT2D eigenvalue weighted by atomic mass is 79.9. The van der Waals surface area contributed by atoms with Gasteiger partial charge in [0.05, 0.1) is 6.10 Å². The molecule has 0 spiro atoms. The number of carbonyl (C=O) groups is 1. The maximum absolute atomic E-state index is 12.2. The number of likely N-dealkylation sites (tertiary alicyclic amines) is 1. The first-order valence-electron chi connectivity index (χ1n) is 5.71. The van der Waals surface area contributed by atoms with E-state index in [-0.39, 0.29) is 12.0 Å². The van der Waals surface area contributed by atoms with Gasteiger partial charge in [-0.25, -0.2) is 0 Å². The van der Waals surface area contributed by atoms with E-state index in [1.54, 1.807) is 7.11 Å². The minimum atomic E-state index is 0.102. The Labute approximate surface area is 110 Å². The lowest BCUT2D eigenvalue weighted by Gasteiger charge is -2.16. The van der Waals surface area contributed by atoms with Crippen molar-refractivity contribution in [2.45, 2.75) is 17.9 Å². The molecule has 1 aliphatic heterocycles. The summed E-state index contributed by atoms with van der Waals surface area (Å²) in [4.78, 5) is 14.0. The standard InChI is InChI=1S/C13H16BrNO2/c1-17-12-6-7-15(9-12)13(16)11-4-2-10(8-14)3-5-11/h2-5,12H,6-9H2,1H3. The summed E-state index contributed by atoms with van der Waals surface area (Å²) in [6, 6.07) is 7.73. The van der Waals surface area contributed by atoms with E-state index in [0.717, 1.165) is 23.9 Å². The molecular weight excluding hydrogens is 282 g/mol. The van der Waals surface area contributed by atoms with Gasteiger partial charge < -0.3 is 9.64 Å². The first kappa shape index (κ1) is 12.6. The average molecular weight is 298 g/mol. The van der Waals surface area contributed by atoms with Crippen LogP contribution >= 0.6 is 15.9 Å². The van der Waals surface area contributed by atoms with Crippen molar-refractivity contribution in [3.8, 4) is 0 Å². The molecule has 3 nitrogen and oxygen atoms in total. The van der Waals surface area contributed by atoms with Gasteiger partial charge in [-0.2, -0.15) is 0 Å². The van der Waals surface area contributed by atoms with Crippen LogP contribution in [-0.2, 0) is 10.1 Å². The zero-order valence-corrected chi connectivity index (χ0v) is 11.4. The number of alkyl halides is 1. The van der Waals surface area contributed by atoms with Crippen LogP contribution in [0.5, 0.6) is 0 Å². The van der Waals surface area contributed by atoms with Crippen LogP contribution in [0.25, 0.3) is 0 Å². The topological polar surface area (TPSA) is 29.5 Å². The second-order valence-corrected chi connectivity index (χ2v) is 4.79. The van der Waals surface area contributed by atoms with Crippen molar-refractivity contribution in [2.75, 3.05) is 20.2 Å². The number of benzene rings is 1. The first-order valence-corrected chi connectivity index (χ1v) is 6.83. The molecule has 1 saturated heterocycles. The third-order valence-corrected chi connectivity index (χ3v) is 3.77. The second-order valence-electron chi connectivity index (χ2n) is 4.23. The maximum Gasteiger partial charge on any atom is 0.253 e. The normalized spacial score (nSPS) is 19.6. The van der Waals surface area contributed by atoms with Crippen LogP contribution in [0.15, 0.2) is 24.3 Å². The fourth-order valence-electron chi connectivity index (χ4n) is 2.02. The molecule has 1 aromatic carbocycles. The van der Waals surface area contributed by atoms with E-state index in [9.17, 15) is 4.79 Å². The van der Waals surface area contributed by atoms with Gasteiger partial charge in [0.1, 0.15) is 0 Å². The number of hydrogen-bond acceptors (Lipinski definition) is 2. The highest BCUT2D eigenvalue weighted by Crippen LogP contribution is 2.16. The predicted molar refractivity (Wildman–Crippen MR) is 70.4 cm³/mol. The molecule has 0 N–H and O–H groups in total. The molecule has 1 unspecified atom stereocenters. The lowest BCUT2D eigenvalue weighted by Crippen LogP contribution is -2.29. The van der Waals surface area contributed by atoms with Crippen LogP contribution in [0.2, 0.25) is 0 Å². The Bertz CT molecular complexity index is 391.